The highest BCUT2D eigenvalue weighted by molar-refractivity contribution is 6.20. The molecular formula is C12H16ClF. The summed E-state index contributed by atoms with van der Waals surface area (Å²) in [6.45, 7) is 4.24. The van der Waals surface area contributed by atoms with Gasteiger partial charge in [0.05, 0.1) is 0 Å². The Bertz CT molecular complexity index is 283. The highest BCUT2D eigenvalue weighted by atomic mass is 35.5. The van der Waals surface area contributed by atoms with Gasteiger partial charge < -0.3 is 0 Å². The van der Waals surface area contributed by atoms with Gasteiger partial charge in [0.25, 0.3) is 0 Å². The SMILES string of the molecule is CC(C)CC(Cl)Cc1ccccc1F. The van der Waals surface area contributed by atoms with Crippen LogP contribution in [-0.2, 0) is 6.42 Å². The van der Waals surface area contributed by atoms with E-state index in [4.69, 9.17) is 11.6 Å². The van der Waals surface area contributed by atoms with Crippen molar-refractivity contribution in [3.63, 3.8) is 0 Å². The fraction of sp³-hybridized carbons (Fsp3) is 0.500. The molecule has 0 spiro atoms. The molecule has 2 heteroatoms. The van der Waals surface area contributed by atoms with Crippen molar-refractivity contribution < 1.29 is 4.39 Å². The molecule has 0 saturated heterocycles. The predicted molar refractivity (Wildman–Crippen MR) is 59.2 cm³/mol. The first-order chi connectivity index (χ1) is 6.59. The molecule has 0 bridgehead atoms. The Labute approximate surface area is 90.1 Å². The zero-order valence-corrected chi connectivity index (χ0v) is 9.39. The van der Waals surface area contributed by atoms with Gasteiger partial charge in [-0.3, -0.25) is 0 Å². The average Bonchev–Trinajstić information content (AvgIpc) is 2.07. The van der Waals surface area contributed by atoms with E-state index in [0.29, 0.717) is 17.9 Å². The Balaban J connectivity index is 2.56. The second-order valence-corrected chi connectivity index (χ2v) is 4.64. The molecule has 0 amide bonds. The molecule has 0 saturated carbocycles. The highest BCUT2D eigenvalue weighted by Crippen LogP contribution is 2.17. The van der Waals surface area contributed by atoms with E-state index < -0.39 is 0 Å². The van der Waals surface area contributed by atoms with E-state index in [-0.39, 0.29) is 11.2 Å². The molecule has 0 aliphatic heterocycles. The third kappa shape index (κ3) is 3.67. The van der Waals surface area contributed by atoms with Gasteiger partial charge in [0.15, 0.2) is 0 Å². The third-order valence-corrected chi connectivity index (χ3v) is 2.46. The van der Waals surface area contributed by atoms with Crippen LogP contribution < -0.4 is 0 Å². The molecule has 14 heavy (non-hydrogen) atoms. The summed E-state index contributed by atoms with van der Waals surface area (Å²) in [4.78, 5) is 0. The molecule has 1 rings (SSSR count). The van der Waals surface area contributed by atoms with Crippen molar-refractivity contribution >= 4 is 11.6 Å². The Morgan fingerprint density at radius 2 is 1.93 bits per heavy atom. The van der Waals surface area contributed by atoms with Crippen LogP contribution in [0.1, 0.15) is 25.8 Å². The summed E-state index contributed by atoms with van der Waals surface area (Å²) in [5.74, 6) is 0.408. The zero-order chi connectivity index (χ0) is 10.6. The zero-order valence-electron chi connectivity index (χ0n) is 8.63. The quantitative estimate of drug-likeness (QED) is 0.665. The first kappa shape index (κ1) is 11.5. The minimum atomic E-state index is -0.151. The maximum absolute atomic E-state index is 13.2. The third-order valence-electron chi connectivity index (χ3n) is 2.13. The van der Waals surface area contributed by atoms with Crippen LogP contribution in [0, 0.1) is 11.7 Å². The van der Waals surface area contributed by atoms with Crippen LogP contribution in [0.3, 0.4) is 0 Å². The lowest BCUT2D eigenvalue weighted by atomic mass is 10.0. The van der Waals surface area contributed by atoms with E-state index in [1.165, 1.54) is 6.07 Å². The molecule has 0 fully saturated rings. The van der Waals surface area contributed by atoms with Crippen molar-refractivity contribution in [3.8, 4) is 0 Å². The number of alkyl halides is 1. The number of benzene rings is 1. The molecule has 0 heterocycles. The first-order valence-corrected chi connectivity index (χ1v) is 5.40. The van der Waals surface area contributed by atoms with Crippen LogP contribution in [0.15, 0.2) is 24.3 Å². The van der Waals surface area contributed by atoms with Gasteiger partial charge in [-0.25, -0.2) is 4.39 Å². The summed E-state index contributed by atoms with van der Waals surface area (Å²) in [7, 11) is 0. The summed E-state index contributed by atoms with van der Waals surface area (Å²) in [5.41, 5.74) is 0.716. The van der Waals surface area contributed by atoms with Crippen molar-refractivity contribution in [2.45, 2.75) is 32.1 Å². The number of hydrogen-bond donors (Lipinski definition) is 0. The Morgan fingerprint density at radius 3 is 2.50 bits per heavy atom. The van der Waals surface area contributed by atoms with Gasteiger partial charge in [0.1, 0.15) is 5.82 Å². The molecular weight excluding hydrogens is 199 g/mol. The first-order valence-electron chi connectivity index (χ1n) is 4.97. The normalized spacial score (nSPS) is 13.2. The maximum atomic E-state index is 13.2. The summed E-state index contributed by atoms with van der Waals surface area (Å²) in [6.07, 6.45) is 1.54. The lowest BCUT2D eigenvalue weighted by Crippen LogP contribution is -2.08. The monoisotopic (exact) mass is 214 g/mol. The predicted octanol–water partition coefficient (Wildman–Crippen LogP) is 4.02. The summed E-state index contributed by atoms with van der Waals surface area (Å²) >= 11 is 6.12. The van der Waals surface area contributed by atoms with E-state index in [0.717, 1.165) is 6.42 Å². The molecule has 0 aliphatic carbocycles. The molecule has 1 aromatic rings. The summed E-state index contributed by atoms with van der Waals surface area (Å²) < 4.78 is 13.2. The van der Waals surface area contributed by atoms with Crippen LogP contribution in [0.2, 0.25) is 0 Å². The Kier molecular flexibility index (Phi) is 4.40. The van der Waals surface area contributed by atoms with Gasteiger partial charge in [-0.05, 0) is 30.4 Å². The van der Waals surface area contributed by atoms with Gasteiger partial charge in [0, 0.05) is 5.38 Å². The minimum Gasteiger partial charge on any atom is -0.207 e. The lowest BCUT2D eigenvalue weighted by molar-refractivity contribution is 0.548. The minimum absolute atomic E-state index is 0.0342. The van der Waals surface area contributed by atoms with Crippen molar-refractivity contribution in [2.75, 3.05) is 0 Å². The van der Waals surface area contributed by atoms with Gasteiger partial charge in [-0.1, -0.05) is 32.0 Å². The van der Waals surface area contributed by atoms with E-state index >= 15 is 0 Å². The van der Waals surface area contributed by atoms with Crippen molar-refractivity contribution in [3.05, 3.63) is 35.6 Å². The summed E-state index contributed by atoms with van der Waals surface area (Å²) in [5, 5.41) is 0.0342. The van der Waals surface area contributed by atoms with E-state index in [1.54, 1.807) is 12.1 Å². The number of hydrogen-bond acceptors (Lipinski definition) is 0. The van der Waals surface area contributed by atoms with Crippen LogP contribution in [0.5, 0.6) is 0 Å². The highest BCUT2D eigenvalue weighted by Gasteiger charge is 2.10. The molecule has 0 nitrogen and oxygen atoms in total. The van der Waals surface area contributed by atoms with Crippen molar-refractivity contribution in [1.29, 1.82) is 0 Å². The van der Waals surface area contributed by atoms with E-state index in [9.17, 15) is 4.39 Å². The maximum Gasteiger partial charge on any atom is 0.126 e. The molecule has 1 aromatic carbocycles. The molecule has 1 atom stereocenters. The Morgan fingerprint density at radius 1 is 1.29 bits per heavy atom. The van der Waals surface area contributed by atoms with Gasteiger partial charge in [-0.15, -0.1) is 11.6 Å². The standard InChI is InChI=1S/C12H16ClF/c1-9(2)7-11(13)8-10-5-3-4-6-12(10)14/h3-6,9,11H,7-8H2,1-2H3. The van der Waals surface area contributed by atoms with Crippen molar-refractivity contribution in [1.82, 2.24) is 0 Å². The molecule has 0 aromatic heterocycles. The molecule has 0 radical (unpaired) electrons. The van der Waals surface area contributed by atoms with Gasteiger partial charge in [0.2, 0.25) is 0 Å². The van der Waals surface area contributed by atoms with E-state index in [2.05, 4.69) is 13.8 Å². The van der Waals surface area contributed by atoms with Gasteiger partial charge >= 0.3 is 0 Å². The molecule has 0 N–H and O–H groups in total. The van der Waals surface area contributed by atoms with Crippen LogP contribution in [-0.4, -0.2) is 5.38 Å². The Hall–Kier alpha value is -0.560. The molecule has 78 valence electrons. The number of rotatable bonds is 4. The van der Waals surface area contributed by atoms with Gasteiger partial charge in [-0.2, -0.15) is 0 Å². The largest absolute Gasteiger partial charge is 0.207 e. The average molecular weight is 215 g/mol. The smallest absolute Gasteiger partial charge is 0.126 e. The van der Waals surface area contributed by atoms with Crippen LogP contribution in [0.4, 0.5) is 4.39 Å². The fourth-order valence-corrected chi connectivity index (χ4v) is 2.02. The lowest BCUT2D eigenvalue weighted by Gasteiger charge is -2.12. The number of halogens is 2. The molecule has 1 unspecified atom stereocenters. The van der Waals surface area contributed by atoms with Crippen LogP contribution in [0.25, 0.3) is 0 Å². The van der Waals surface area contributed by atoms with Crippen molar-refractivity contribution in [2.24, 2.45) is 5.92 Å². The summed E-state index contributed by atoms with van der Waals surface area (Å²) in [6, 6.07) is 6.82. The topological polar surface area (TPSA) is 0 Å². The molecule has 0 aliphatic rings. The second kappa shape index (κ2) is 5.35. The fourth-order valence-electron chi connectivity index (χ4n) is 1.50. The second-order valence-electron chi connectivity index (χ2n) is 4.02. The van der Waals surface area contributed by atoms with Crippen LogP contribution >= 0.6 is 11.6 Å². The van der Waals surface area contributed by atoms with E-state index in [1.807, 2.05) is 6.07 Å².